The predicted octanol–water partition coefficient (Wildman–Crippen LogP) is 3.24. The number of ether oxygens (including phenoxy) is 1. The first kappa shape index (κ1) is 19.7. The highest BCUT2D eigenvalue weighted by molar-refractivity contribution is 5.65. The molecule has 2 aliphatic rings. The predicted molar refractivity (Wildman–Crippen MR) is 106 cm³/mol. The Bertz CT molecular complexity index is 813. The number of rotatable bonds is 5. The molecule has 1 N–H and O–H groups in total. The van der Waals surface area contributed by atoms with E-state index in [0.717, 1.165) is 44.5 Å². The smallest absolute Gasteiger partial charge is 0.407 e. The molecule has 1 saturated heterocycles. The number of piperazine rings is 1. The van der Waals surface area contributed by atoms with E-state index in [1.807, 2.05) is 6.07 Å². The van der Waals surface area contributed by atoms with E-state index in [1.54, 1.807) is 29.4 Å². The van der Waals surface area contributed by atoms with E-state index in [0.29, 0.717) is 37.4 Å². The van der Waals surface area contributed by atoms with Crippen LogP contribution in [-0.2, 0) is 0 Å². The second kappa shape index (κ2) is 8.82. The van der Waals surface area contributed by atoms with Gasteiger partial charge in [-0.1, -0.05) is 0 Å². The molecule has 1 aliphatic carbocycles. The van der Waals surface area contributed by atoms with Gasteiger partial charge in [-0.25, -0.2) is 14.2 Å². The summed E-state index contributed by atoms with van der Waals surface area (Å²) in [6, 6.07) is 5.49. The van der Waals surface area contributed by atoms with Crippen LogP contribution in [0, 0.1) is 11.7 Å². The molecule has 0 spiro atoms. The molecule has 1 aromatic heterocycles. The second-order valence-corrected chi connectivity index (χ2v) is 7.88. The van der Waals surface area contributed by atoms with Crippen molar-refractivity contribution >= 4 is 6.09 Å². The number of carbonyl (C=O) groups is 1. The Labute approximate surface area is 169 Å². The Morgan fingerprint density at radius 3 is 2.55 bits per heavy atom. The average Bonchev–Trinajstić information content (AvgIpc) is 3.28. The highest BCUT2D eigenvalue weighted by Crippen LogP contribution is 2.29. The lowest BCUT2D eigenvalue weighted by atomic mass is 9.85. The monoisotopic (exact) mass is 402 g/mol. The van der Waals surface area contributed by atoms with Gasteiger partial charge >= 0.3 is 6.09 Å². The summed E-state index contributed by atoms with van der Waals surface area (Å²) in [7, 11) is 0. The molecule has 1 saturated carbocycles. The van der Waals surface area contributed by atoms with Crippen molar-refractivity contribution in [3.63, 3.8) is 0 Å². The van der Waals surface area contributed by atoms with Gasteiger partial charge in [0.25, 0.3) is 0 Å². The van der Waals surface area contributed by atoms with Gasteiger partial charge in [0.1, 0.15) is 0 Å². The van der Waals surface area contributed by atoms with Gasteiger partial charge in [-0.3, -0.25) is 4.90 Å². The standard InChI is InChI=1S/C21H27FN4O3/c22-19-13-18(26-8-7-23-15-26)5-6-20(19)29-14-16-1-3-17(4-2-16)24-9-11-25(12-10-24)21(27)28/h5-8,13,15-17H,1-4,9-12,14H2,(H,27,28)/t16-,17-. The molecule has 0 atom stereocenters. The Morgan fingerprint density at radius 1 is 1.17 bits per heavy atom. The van der Waals surface area contributed by atoms with E-state index in [4.69, 9.17) is 9.84 Å². The van der Waals surface area contributed by atoms with Crippen molar-refractivity contribution in [1.82, 2.24) is 19.4 Å². The summed E-state index contributed by atoms with van der Waals surface area (Å²) < 4.78 is 21.9. The first-order chi connectivity index (χ1) is 14.1. The molecule has 0 radical (unpaired) electrons. The fourth-order valence-electron chi connectivity index (χ4n) is 4.34. The minimum atomic E-state index is -0.823. The number of amides is 1. The molecule has 29 heavy (non-hydrogen) atoms. The largest absolute Gasteiger partial charge is 0.490 e. The van der Waals surface area contributed by atoms with Crippen LogP contribution in [0.5, 0.6) is 5.75 Å². The summed E-state index contributed by atoms with van der Waals surface area (Å²) in [6.07, 6.45) is 8.52. The lowest BCUT2D eigenvalue weighted by Gasteiger charge is -2.41. The van der Waals surface area contributed by atoms with Crippen molar-refractivity contribution < 1.29 is 19.0 Å². The molecular formula is C21H27FN4O3. The molecule has 1 aromatic carbocycles. The normalized spacial score (nSPS) is 23.1. The maximum absolute atomic E-state index is 14.4. The molecule has 2 heterocycles. The van der Waals surface area contributed by atoms with E-state index < -0.39 is 6.09 Å². The Kier molecular flexibility index (Phi) is 5.99. The third kappa shape index (κ3) is 4.70. The van der Waals surface area contributed by atoms with Crippen LogP contribution in [0.4, 0.5) is 9.18 Å². The first-order valence-corrected chi connectivity index (χ1v) is 10.2. The number of imidazole rings is 1. The second-order valence-electron chi connectivity index (χ2n) is 7.88. The molecule has 2 aromatic rings. The fraction of sp³-hybridized carbons (Fsp3) is 0.524. The van der Waals surface area contributed by atoms with Gasteiger partial charge in [0.05, 0.1) is 12.9 Å². The quantitative estimate of drug-likeness (QED) is 0.831. The van der Waals surface area contributed by atoms with Crippen molar-refractivity contribution in [2.75, 3.05) is 32.8 Å². The molecule has 7 nitrogen and oxygen atoms in total. The van der Waals surface area contributed by atoms with Crippen LogP contribution < -0.4 is 4.74 Å². The van der Waals surface area contributed by atoms with Crippen molar-refractivity contribution in [3.05, 3.63) is 42.7 Å². The van der Waals surface area contributed by atoms with Crippen LogP contribution in [0.3, 0.4) is 0 Å². The number of nitrogens with zero attached hydrogens (tertiary/aromatic N) is 4. The van der Waals surface area contributed by atoms with E-state index in [-0.39, 0.29) is 5.82 Å². The highest BCUT2D eigenvalue weighted by atomic mass is 19.1. The third-order valence-corrected chi connectivity index (χ3v) is 6.11. The Hall–Kier alpha value is -2.61. The summed E-state index contributed by atoms with van der Waals surface area (Å²) in [6.45, 7) is 3.33. The van der Waals surface area contributed by atoms with Crippen molar-refractivity contribution in [2.45, 2.75) is 31.7 Å². The molecule has 1 aliphatic heterocycles. The summed E-state index contributed by atoms with van der Waals surface area (Å²) >= 11 is 0. The Balaban J connectivity index is 1.23. The number of aromatic nitrogens is 2. The van der Waals surface area contributed by atoms with Gasteiger partial charge in [-0.2, -0.15) is 0 Å². The number of hydrogen-bond acceptors (Lipinski definition) is 4. The maximum atomic E-state index is 14.4. The van der Waals surface area contributed by atoms with E-state index in [1.165, 1.54) is 11.0 Å². The first-order valence-electron chi connectivity index (χ1n) is 10.2. The topological polar surface area (TPSA) is 70.8 Å². The van der Waals surface area contributed by atoms with Crippen molar-refractivity contribution in [2.24, 2.45) is 5.92 Å². The molecule has 4 rings (SSSR count). The highest BCUT2D eigenvalue weighted by Gasteiger charge is 2.29. The maximum Gasteiger partial charge on any atom is 0.407 e. The zero-order chi connectivity index (χ0) is 20.2. The number of halogens is 1. The Morgan fingerprint density at radius 2 is 1.93 bits per heavy atom. The lowest BCUT2D eigenvalue weighted by Crippen LogP contribution is -2.52. The van der Waals surface area contributed by atoms with Crippen molar-refractivity contribution in [3.8, 4) is 11.4 Å². The molecule has 156 valence electrons. The van der Waals surface area contributed by atoms with Crippen LogP contribution in [0.1, 0.15) is 25.7 Å². The van der Waals surface area contributed by atoms with Crippen molar-refractivity contribution in [1.29, 1.82) is 0 Å². The van der Waals surface area contributed by atoms with E-state index >= 15 is 0 Å². The van der Waals surface area contributed by atoms with Gasteiger partial charge in [-0.05, 0) is 43.7 Å². The molecule has 0 bridgehead atoms. The third-order valence-electron chi connectivity index (χ3n) is 6.11. The molecule has 1 amide bonds. The van der Waals surface area contributed by atoms with E-state index in [2.05, 4.69) is 9.88 Å². The summed E-state index contributed by atoms with van der Waals surface area (Å²) in [4.78, 5) is 18.9. The zero-order valence-corrected chi connectivity index (χ0v) is 16.4. The van der Waals surface area contributed by atoms with Crippen LogP contribution in [0.25, 0.3) is 5.69 Å². The summed E-state index contributed by atoms with van der Waals surface area (Å²) in [5.74, 6) is 0.362. The average molecular weight is 402 g/mol. The fourth-order valence-corrected chi connectivity index (χ4v) is 4.34. The summed E-state index contributed by atoms with van der Waals surface area (Å²) in [5.41, 5.74) is 0.718. The number of hydrogen-bond donors (Lipinski definition) is 1. The van der Waals surface area contributed by atoms with Gasteiger partial charge in [0.2, 0.25) is 0 Å². The van der Waals surface area contributed by atoms with Crippen LogP contribution in [0.2, 0.25) is 0 Å². The van der Waals surface area contributed by atoms with Gasteiger partial charge in [0.15, 0.2) is 11.6 Å². The van der Waals surface area contributed by atoms with Crippen LogP contribution in [-0.4, -0.2) is 69.4 Å². The lowest BCUT2D eigenvalue weighted by molar-refractivity contribution is 0.0616. The minimum Gasteiger partial charge on any atom is -0.490 e. The summed E-state index contributed by atoms with van der Waals surface area (Å²) in [5, 5.41) is 9.07. The zero-order valence-electron chi connectivity index (χ0n) is 16.4. The van der Waals surface area contributed by atoms with Crippen LogP contribution in [0.15, 0.2) is 36.9 Å². The SMILES string of the molecule is O=C(O)N1CCN([C@H]2CC[C@H](COc3ccc(-n4ccnc4)cc3F)CC2)CC1. The van der Waals surface area contributed by atoms with Gasteiger partial charge in [0, 0.05) is 56.4 Å². The molecule has 8 heteroatoms. The van der Waals surface area contributed by atoms with Crippen LogP contribution >= 0.6 is 0 Å². The van der Waals surface area contributed by atoms with E-state index in [9.17, 15) is 9.18 Å². The van der Waals surface area contributed by atoms with Gasteiger partial charge < -0.3 is 19.3 Å². The molecule has 0 unspecified atom stereocenters. The molecular weight excluding hydrogens is 375 g/mol. The minimum absolute atomic E-state index is 0.292. The van der Waals surface area contributed by atoms with Gasteiger partial charge in [-0.15, -0.1) is 0 Å². The molecule has 2 fully saturated rings. The number of carboxylic acid groups (broad SMARTS) is 1. The number of benzene rings is 1.